The Kier molecular flexibility index (Phi) is 5.17. The molecule has 20 heavy (non-hydrogen) atoms. The average molecular weight is 301 g/mol. The fourth-order valence-electron chi connectivity index (χ4n) is 2.36. The highest BCUT2D eigenvalue weighted by atomic mass is 32.2. The first-order valence-corrected chi connectivity index (χ1v) is 8.69. The second-order valence-corrected chi connectivity index (χ2v) is 7.49. The number of hydrogen-bond acceptors (Lipinski definition) is 4. The van der Waals surface area contributed by atoms with E-state index in [9.17, 15) is 8.42 Å². The summed E-state index contributed by atoms with van der Waals surface area (Å²) >= 11 is 0. The molecule has 1 aromatic heterocycles. The van der Waals surface area contributed by atoms with Gasteiger partial charge in [-0.05, 0) is 38.7 Å². The van der Waals surface area contributed by atoms with E-state index in [-0.39, 0.29) is 24.5 Å². The van der Waals surface area contributed by atoms with Gasteiger partial charge in [-0.3, -0.25) is 4.68 Å². The SMILES string of the molecule is CC(C)OCCS(=O)(=O)NC1CC(Cn2cccn2)C1. The molecule has 1 aliphatic carbocycles. The van der Waals surface area contributed by atoms with E-state index in [4.69, 9.17) is 4.74 Å². The van der Waals surface area contributed by atoms with E-state index < -0.39 is 10.0 Å². The Morgan fingerprint density at radius 1 is 1.45 bits per heavy atom. The van der Waals surface area contributed by atoms with Crippen molar-refractivity contribution in [1.82, 2.24) is 14.5 Å². The third-order valence-corrected chi connectivity index (χ3v) is 4.79. The molecular weight excluding hydrogens is 278 g/mol. The van der Waals surface area contributed by atoms with Gasteiger partial charge in [-0.2, -0.15) is 5.10 Å². The van der Waals surface area contributed by atoms with Crippen LogP contribution >= 0.6 is 0 Å². The van der Waals surface area contributed by atoms with E-state index in [0.29, 0.717) is 5.92 Å². The minimum Gasteiger partial charge on any atom is -0.378 e. The molecule has 0 spiro atoms. The molecule has 1 aromatic rings. The van der Waals surface area contributed by atoms with Gasteiger partial charge < -0.3 is 4.74 Å². The molecule has 0 amide bonds. The summed E-state index contributed by atoms with van der Waals surface area (Å²) in [6.07, 6.45) is 5.51. The van der Waals surface area contributed by atoms with Gasteiger partial charge >= 0.3 is 0 Å². The Hall–Kier alpha value is -0.920. The Balaban J connectivity index is 1.65. The van der Waals surface area contributed by atoms with E-state index in [1.165, 1.54) is 0 Å². The van der Waals surface area contributed by atoms with Crippen LogP contribution in [0.15, 0.2) is 18.5 Å². The molecule has 6 nitrogen and oxygen atoms in total. The fraction of sp³-hybridized carbons (Fsp3) is 0.769. The van der Waals surface area contributed by atoms with Crippen molar-refractivity contribution in [3.05, 3.63) is 18.5 Å². The number of rotatable bonds is 8. The van der Waals surface area contributed by atoms with Crippen LogP contribution in [-0.2, 0) is 21.3 Å². The van der Waals surface area contributed by atoms with E-state index >= 15 is 0 Å². The number of hydrogen-bond donors (Lipinski definition) is 1. The zero-order valence-corrected chi connectivity index (χ0v) is 12.8. The maximum absolute atomic E-state index is 11.8. The smallest absolute Gasteiger partial charge is 0.214 e. The van der Waals surface area contributed by atoms with Gasteiger partial charge in [-0.25, -0.2) is 13.1 Å². The van der Waals surface area contributed by atoms with Crippen LogP contribution in [0.2, 0.25) is 0 Å². The van der Waals surface area contributed by atoms with E-state index in [0.717, 1.165) is 19.4 Å². The minimum absolute atomic E-state index is 0.0332. The van der Waals surface area contributed by atoms with Crippen molar-refractivity contribution in [2.45, 2.75) is 45.4 Å². The molecule has 0 saturated heterocycles. The third-order valence-electron chi connectivity index (χ3n) is 3.39. The summed E-state index contributed by atoms with van der Waals surface area (Å²) in [5.74, 6) is 0.542. The van der Waals surface area contributed by atoms with Gasteiger partial charge in [0, 0.05) is 25.0 Å². The van der Waals surface area contributed by atoms with Gasteiger partial charge in [0.05, 0.1) is 18.5 Å². The summed E-state index contributed by atoms with van der Waals surface area (Å²) < 4.78 is 33.6. The third kappa shape index (κ3) is 4.88. The van der Waals surface area contributed by atoms with Crippen molar-refractivity contribution < 1.29 is 13.2 Å². The maximum atomic E-state index is 11.8. The number of aromatic nitrogens is 2. The van der Waals surface area contributed by atoms with Crippen LogP contribution in [0.4, 0.5) is 0 Å². The van der Waals surface area contributed by atoms with Crippen LogP contribution in [-0.4, -0.2) is 42.7 Å². The summed E-state index contributed by atoms with van der Waals surface area (Å²) in [5.41, 5.74) is 0. The van der Waals surface area contributed by atoms with Gasteiger partial charge in [0.2, 0.25) is 10.0 Å². The number of nitrogens with zero attached hydrogens (tertiary/aromatic N) is 2. The van der Waals surface area contributed by atoms with Crippen molar-refractivity contribution >= 4 is 10.0 Å². The first-order chi connectivity index (χ1) is 9.44. The number of nitrogens with one attached hydrogen (secondary N) is 1. The largest absolute Gasteiger partial charge is 0.378 e. The Bertz CT molecular complexity index is 493. The summed E-state index contributed by atoms with van der Waals surface area (Å²) in [5, 5.41) is 4.16. The Morgan fingerprint density at radius 2 is 2.20 bits per heavy atom. The van der Waals surface area contributed by atoms with Crippen LogP contribution in [0.1, 0.15) is 26.7 Å². The lowest BCUT2D eigenvalue weighted by molar-refractivity contribution is 0.0910. The molecule has 0 bridgehead atoms. The summed E-state index contributed by atoms with van der Waals surface area (Å²) in [4.78, 5) is 0. The highest BCUT2D eigenvalue weighted by Gasteiger charge is 2.32. The number of sulfonamides is 1. The standard InChI is InChI=1S/C13H23N3O3S/c1-11(2)19-6-7-20(17,18)15-13-8-12(9-13)10-16-5-3-4-14-16/h3-5,11-13,15H,6-10H2,1-2H3. The molecule has 0 atom stereocenters. The number of ether oxygens (including phenoxy) is 1. The molecule has 1 fully saturated rings. The zero-order valence-electron chi connectivity index (χ0n) is 12.0. The normalized spacial score (nSPS) is 22.9. The van der Waals surface area contributed by atoms with Gasteiger partial charge in [0.25, 0.3) is 0 Å². The summed E-state index contributed by atoms with van der Waals surface area (Å²) in [7, 11) is -3.22. The molecule has 1 aliphatic rings. The van der Waals surface area contributed by atoms with Crippen LogP contribution in [0.5, 0.6) is 0 Å². The topological polar surface area (TPSA) is 73.2 Å². The maximum Gasteiger partial charge on any atom is 0.214 e. The highest BCUT2D eigenvalue weighted by Crippen LogP contribution is 2.29. The average Bonchev–Trinajstić information content (AvgIpc) is 2.77. The van der Waals surface area contributed by atoms with Gasteiger partial charge in [0.15, 0.2) is 0 Å². The van der Waals surface area contributed by atoms with Gasteiger partial charge in [-0.15, -0.1) is 0 Å². The lowest BCUT2D eigenvalue weighted by Crippen LogP contribution is -2.46. The quantitative estimate of drug-likeness (QED) is 0.777. The molecule has 7 heteroatoms. The second kappa shape index (κ2) is 6.69. The minimum atomic E-state index is -3.22. The first kappa shape index (κ1) is 15.5. The van der Waals surface area contributed by atoms with E-state index in [2.05, 4.69) is 9.82 Å². The zero-order chi connectivity index (χ0) is 14.6. The lowest BCUT2D eigenvalue weighted by atomic mass is 9.81. The predicted molar refractivity (Wildman–Crippen MR) is 76.7 cm³/mol. The van der Waals surface area contributed by atoms with Crippen molar-refractivity contribution in [3.8, 4) is 0 Å². The molecule has 1 saturated carbocycles. The molecule has 1 heterocycles. The molecular formula is C13H23N3O3S. The van der Waals surface area contributed by atoms with Crippen molar-refractivity contribution in [1.29, 1.82) is 0 Å². The molecule has 0 unspecified atom stereocenters. The van der Waals surface area contributed by atoms with Gasteiger partial charge in [-0.1, -0.05) is 0 Å². The molecule has 0 aliphatic heterocycles. The van der Waals surface area contributed by atoms with Crippen molar-refractivity contribution in [2.75, 3.05) is 12.4 Å². The summed E-state index contributed by atoms with van der Waals surface area (Å²) in [6, 6.07) is 1.97. The Labute approximate surface area is 120 Å². The molecule has 0 radical (unpaired) electrons. The van der Waals surface area contributed by atoms with E-state index in [1.54, 1.807) is 6.20 Å². The van der Waals surface area contributed by atoms with Gasteiger partial charge in [0.1, 0.15) is 0 Å². The molecule has 1 N–H and O–H groups in total. The molecule has 0 aromatic carbocycles. The van der Waals surface area contributed by atoms with E-state index in [1.807, 2.05) is 30.8 Å². The lowest BCUT2D eigenvalue weighted by Gasteiger charge is -2.35. The first-order valence-electron chi connectivity index (χ1n) is 7.03. The van der Waals surface area contributed by atoms with Crippen LogP contribution in [0, 0.1) is 5.92 Å². The van der Waals surface area contributed by atoms with Crippen LogP contribution in [0.25, 0.3) is 0 Å². The van der Waals surface area contributed by atoms with Crippen LogP contribution in [0.3, 0.4) is 0 Å². The van der Waals surface area contributed by atoms with Crippen molar-refractivity contribution in [2.24, 2.45) is 5.92 Å². The summed E-state index contributed by atoms with van der Waals surface area (Å²) in [6.45, 7) is 4.90. The molecule has 114 valence electrons. The van der Waals surface area contributed by atoms with Crippen LogP contribution < -0.4 is 4.72 Å². The Morgan fingerprint density at radius 3 is 2.80 bits per heavy atom. The monoisotopic (exact) mass is 301 g/mol. The molecule has 2 rings (SSSR count). The highest BCUT2D eigenvalue weighted by molar-refractivity contribution is 7.89. The van der Waals surface area contributed by atoms with Crippen molar-refractivity contribution in [3.63, 3.8) is 0 Å². The fourth-order valence-corrected chi connectivity index (χ4v) is 3.49. The second-order valence-electron chi connectivity index (χ2n) is 5.62. The predicted octanol–water partition coefficient (Wildman–Crippen LogP) is 1.01.